The molecule has 4 rings (SSSR count). The predicted octanol–water partition coefficient (Wildman–Crippen LogP) is 4.34. The van der Waals surface area contributed by atoms with Gasteiger partial charge in [-0.2, -0.15) is 0 Å². The Balaban J connectivity index is 1.37. The maximum Gasteiger partial charge on any atom is 0.225 e. The van der Waals surface area contributed by atoms with Crippen molar-refractivity contribution in [3.8, 4) is 11.3 Å². The number of piperidine rings is 1. The van der Waals surface area contributed by atoms with Crippen LogP contribution in [0.3, 0.4) is 0 Å². The highest BCUT2D eigenvalue weighted by Gasteiger charge is 2.28. The number of hydrogen-bond acceptors (Lipinski definition) is 4. The van der Waals surface area contributed by atoms with Crippen LogP contribution in [-0.2, 0) is 4.79 Å². The van der Waals surface area contributed by atoms with Crippen molar-refractivity contribution in [3.63, 3.8) is 0 Å². The average Bonchev–Trinajstić information content (AvgIpc) is 3.03. The zero-order valence-electron chi connectivity index (χ0n) is 16.8. The Bertz CT molecular complexity index is 801. The largest absolute Gasteiger partial charge is 0.354 e. The number of amides is 1. The number of aromatic nitrogens is 2. The van der Waals surface area contributed by atoms with Crippen LogP contribution in [0.4, 0.5) is 10.2 Å². The summed E-state index contributed by atoms with van der Waals surface area (Å²) in [5, 5.41) is 12.0. The molecule has 1 aromatic carbocycles. The van der Waals surface area contributed by atoms with E-state index in [0.717, 1.165) is 43.6 Å². The van der Waals surface area contributed by atoms with Crippen LogP contribution in [0.5, 0.6) is 0 Å². The summed E-state index contributed by atoms with van der Waals surface area (Å²) < 4.78 is 13.1. The van der Waals surface area contributed by atoms with Gasteiger partial charge >= 0.3 is 0 Å². The molecule has 2 aliphatic rings. The molecular formula is C23H29FN4O. The molecule has 1 aliphatic heterocycles. The van der Waals surface area contributed by atoms with Crippen LogP contribution >= 0.6 is 0 Å². The van der Waals surface area contributed by atoms with Crippen molar-refractivity contribution in [1.82, 2.24) is 15.5 Å². The number of halogens is 1. The van der Waals surface area contributed by atoms with Gasteiger partial charge < -0.3 is 10.2 Å². The third-order valence-electron chi connectivity index (χ3n) is 6.11. The monoisotopic (exact) mass is 396 g/mol. The molecule has 29 heavy (non-hydrogen) atoms. The minimum atomic E-state index is -0.264. The Morgan fingerprint density at radius 2 is 1.69 bits per heavy atom. The van der Waals surface area contributed by atoms with Gasteiger partial charge in [-0.3, -0.25) is 4.79 Å². The number of carbonyl (C=O) groups is 1. The molecule has 0 spiro atoms. The minimum absolute atomic E-state index is 0.00516. The molecule has 1 atom stereocenters. The van der Waals surface area contributed by atoms with E-state index in [1.54, 1.807) is 12.1 Å². The topological polar surface area (TPSA) is 58.1 Å². The van der Waals surface area contributed by atoms with E-state index in [2.05, 4.69) is 20.4 Å². The van der Waals surface area contributed by atoms with Crippen LogP contribution in [-0.4, -0.2) is 35.2 Å². The van der Waals surface area contributed by atoms with E-state index in [1.807, 2.05) is 12.1 Å². The zero-order valence-corrected chi connectivity index (χ0v) is 16.8. The third kappa shape index (κ3) is 5.11. The Labute approximate surface area is 171 Å². The number of hydrogen-bond donors (Lipinski definition) is 1. The van der Waals surface area contributed by atoms with Gasteiger partial charge in [0.05, 0.1) is 11.6 Å². The lowest BCUT2D eigenvalue weighted by atomic mass is 9.96. The second-order valence-electron chi connectivity index (χ2n) is 8.27. The van der Waals surface area contributed by atoms with Crippen LogP contribution in [0.25, 0.3) is 11.3 Å². The highest BCUT2D eigenvalue weighted by Crippen LogP contribution is 2.24. The highest BCUT2D eigenvalue weighted by atomic mass is 19.1. The number of nitrogens with one attached hydrogen (secondary N) is 1. The van der Waals surface area contributed by atoms with Crippen molar-refractivity contribution >= 4 is 11.7 Å². The maximum atomic E-state index is 13.1. The lowest BCUT2D eigenvalue weighted by Gasteiger charge is -2.33. The third-order valence-corrected chi connectivity index (χ3v) is 6.11. The van der Waals surface area contributed by atoms with Gasteiger partial charge in [0.1, 0.15) is 5.82 Å². The van der Waals surface area contributed by atoms with Gasteiger partial charge in [0.25, 0.3) is 0 Å². The van der Waals surface area contributed by atoms with E-state index in [0.29, 0.717) is 18.3 Å². The molecular weight excluding hydrogens is 367 g/mol. The summed E-state index contributed by atoms with van der Waals surface area (Å²) in [5.41, 5.74) is 1.55. The Kier molecular flexibility index (Phi) is 6.37. The molecule has 5 nitrogen and oxygen atoms in total. The molecule has 1 N–H and O–H groups in total. The van der Waals surface area contributed by atoms with Crippen molar-refractivity contribution in [1.29, 1.82) is 0 Å². The first-order valence-corrected chi connectivity index (χ1v) is 10.8. The minimum Gasteiger partial charge on any atom is -0.354 e. The van der Waals surface area contributed by atoms with Crippen molar-refractivity contribution in [3.05, 3.63) is 42.2 Å². The fourth-order valence-electron chi connectivity index (χ4n) is 4.41. The number of rotatable bonds is 4. The van der Waals surface area contributed by atoms with E-state index >= 15 is 0 Å². The summed E-state index contributed by atoms with van der Waals surface area (Å²) >= 11 is 0. The summed E-state index contributed by atoms with van der Waals surface area (Å²) in [7, 11) is 0. The smallest absolute Gasteiger partial charge is 0.225 e. The summed E-state index contributed by atoms with van der Waals surface area (Å²) in [6, 6.07) is 10.4. The summed E-state index contributed by atoms with van der Waals surface area (Å²) in [6.45, 7) is 1.57. The highest BCUT2D eigenvalue weighted by molar-refractivity contribution is 5.79. The Hall–Kier alpha value is -2.50. The average molecular weight is 397 g/mol. The van der Waals surface area contributed by atoms with Gasteiger partial charge in [0.15, 0.2) is 5.82 Å². The van der Waals surface area contributed by atoms with Crippen molar-refractivity contribution in [2.24, 2.45) is 5.92 Å². The molecule has 2 heterocycles. The molecule has 0 bridgehead atoms. The van der Waals surface area contributed by atoms with Crippen LogP contribution in [0.15, 0.2) is 36.4 Å². The molecule has 2 aromatic rings. The molecule has 2 fully saturated rings. The molecule has 154 valence electrons. The first-order chi connectivity index (χ1) is 14.2. The van der Waals surface area contributed by atoms with Crippen molar-refractivity contribution < 1.29 is 9.18 Å². The van der Waals surface area contributed by atoms with E-state index in [4.69, 9.17) is 0 Å². The molecule has 1 aliphatic carbocycles. The van der Waals surface area contributed by atoms with Gasteiger partial charge in [-0.1, -0.05) is 25.7 Å². The van der Waals surface area contributed by atoms with Crippen molar-refractivity contribution in [2.75, 3.05) is 18.0 Å². The van der Waals surface area contributed by atoms with E-state index in [1.165, 1.54) is 37.8 Å². The fourth-order valence-corrected chi connectivity index (χ4v) is 4.41. The quantitative estimate of drug-likeness (QED) is 0.781. The summed E-state index contributed by atoms with van der Waals surface area (Å²) in [4.78, 5) is 15.0. The normalized spacial score (nSPS) is 20.9. The molecule has 1 unspecified atom stereocenters. The SMILES string of the molecule is O=C(NC1CCCCCC1)C1CCCN(c2ccc(-c3ccc(F)cc3)nn2)C1. The van der Waals surface area contributed by atoms with Crippen molar-refractivity contribution in [2.45, 2.75) is 57.4 Å². The molecule has 1 saturated heterocycles. The number of nitrogens with zero attached hydrogens (tertiary/aromatic N) is 3. The molecule has 0 radical (unpaired) electrons. The van der Waals surface area contributed by atoms with Gasteiger partial charge in [-0.05, 0) is 62.1 Å². The molecule has 1 aromatic heterocycles. The Morgan fingerprint density at radius 1 is 0.931 bits per heavy atom. The van der Waals surface area contributed by atoms with Crippen LogP contribution in [0.2, 0.25) is 0 Å². The van der Waals surface area contributed by atoms with Gasteiger partial charge in [-0.25, -0.2) is 4.39 Å². The lowest BCUT2D eigenvalue weighted by molar-refractivity contribution is -0.126. The molecule has 6 heteroatoms. The maximum absolute atomic E-state index is 13.1. The number of anilines is 1. The van der Waals surface area contributed by atoms with Crippen LogP contribution < -0.4 is 10.2 Å². The predicted molar refractivity (Wildman–Crippen MR) is 112 cm³/mol. The number of carbonyl (C=O) groups excluding carboxylic acids is 1. The van der Waals surface area contributed by atoms with Gasteiger partial charge in [0, 0.05) is 24.7 Å². The second kappa shape index (κ2) is 9.33. The van der Waals surface area contributed by atoms with E-state index in [-0.39, 0.29) is 17.6 Å². The van der Waals surface area contributed by atoms with E-state index in [9.17, 15) is 9.18 Å². The van der Waals surface area contributed by atoms with Gasteiger partial charge in [-0.15, -0.1) is 10.2 Å². The standard InChI is InChI=1S/C23H29FN4O/c24-19-11-9-17(10-12-19)21-13-14-22(27-26-21)28-15-5-6-18(16-28)23(29)25-20-7-3-1-2-4-8-20/h9-14,18,20H,1-8,15-16H2,(H,25,29). The first kappa shape index (κ1) is 19.8. The van der Waals surface area contributed by atoms with E-state index < -0.39 is 0 Å². The molecule has 1 saturated carbocycles. The number of benzene rings is 1. The van der Waals surface area contributed by atoms with Crippen LogP contribution in [0, 0.1) is 11.7 Å². The second-order valence-corrected chi connectivity index (χ2v) is 8.27. The summed E-state index contributed by atoms with van der Waals surface area (Å²) in [5.74, 6) is 0.728. The fraction of sp³-hybridized carbons (Fsp3) is 0.522. The molecule has 1 amide bonds. The lowest BCUT2D eigenvalue weighted by Crippen LogP contribution is -2.46. The summed E-state index contributed by atoms with van der Waals surface area (Å²) in [6.07, 6.45) is 9.14. The zero-order chi connectivity index (χ0) is 20.1. The first-order valence-electron chi connectivity index (χ1n) is 10.8. The van der Waals surface area contributed by atoms with Crippen LogP contribution in [0.1, 0.15) is 51.4 Å². The Morgan fingerprint density at radius 3 is 2.38 bits per heavy atom. The van der Waals surface area contributed by atoms with Gasteiger partial charge in [0.2, 0.25) is 5.91 Å².